The summed E-state index contributed by atoms with van der Waals surface area (Å²) >= 11 is 0. The van der Waals surface area contributed by atoms with Gasteiger partial charge in [0.1, 0.15) is 11.5 Å². The average molecular weight is 423 g/mol. The number of benzene rings is 4. The number of nitrogens with one attached hydrogen (secondary N) is 3. The summed E-state index contributed by atoms with van der Waals surface area (Å²) in [5.74, 6) is 1.20. The Bertz CT molecular complexity index is 1180. The molecule has 0 aromatic heterocycles. The maximum atomic E-state index is 12.3. The molecule has 6 heteroatoms. The van der Waals surface area contributed by atoms with E-state index in [2.05, 4.69) is 16.0 Å². The van der Waals surface area contributed by atoms with Crippen molar-refractivity contribution in [2.24, 2.45) is 0 Å². The summed E-state index contributed by atoms with van der Waals surface area (Å²) in [5, 5.41) is 8.34. The molecule has 4 rings (SSSR count). The minimum Gasteiger partial charge on any atom is -0.457 e. The third-order valence-electron chi connectivity index (χ3n) is 4.53. The molecular formula is C26H21N3O3. The van der Waals surface area contributed by atoms with Crippen LogP contribution in [0.2, 0.25) is 0 Å². The first-order chi connectivity index (χ1) is 15.7. The molecule has 4 aromatic carbocycles. The number of ether oxygens (including phenoxy) is 1. The first-order valence-electron chi connectivity index (χ1n) is 10.0. The normalized spacial score (nSPS) is 10.1. The maximum absolute atomic E-state index is 12.3. The lowest BCUT2D eigenvalue weighted by atomic mass is 10.2. The summed E-state index contributed by atoms with van der Waals surface area (Å²) in [6.07, 6.45) is 0. The minimum absolute atomic E-state index is 0.218. The number of hydrogen-bond donors (Lipinski definition) is 3. The second-order valence-electron chi connectivity index (χ2n) is 6.92. The van der Waals surface area contributed by atoms with Crippen molar-refractivity contribution >= 4 is 29.0 Å². The molecular weight excluding hydrogens is 402 g/mol. The quantitative estimate of drug-likeness (QED) is 0.337. The van der Waals surface area contributed by atoms with Crippen LogP contribution in [-0.2, 0) is 0 Å². The summed E-state index contributed by atoms with van der Waals surface area (Å²) in [7, 11) is 0. The van der Waals surface area contributed by atoms with Crippen LogP contribution in [0.1, 0.15) is 10.4 Å². The molecule has 6 nitrogen and oxygen atoms in total. The molecule has 3 amide bonds. The summed E-state index contributed by atoms with van der Waals surface area (Å²) in [5.41, 5.74) is 2.41. The van der Waals surface area contributed by atoms with Gasteiger partial charge in [-0.1, -0.05) is 36.4 Å². The second kappa shape index (κ2) is 9.95. The van der Waals surface area contributed by atoms with Crippen molar-refractivity contribution in [1.29, 1.82) is 0 Å². The van der Waals surface area contributed by atoms with E-state index in [9.17, 15) is 9.59 Å². The fraction of sp³-hybridized carbons (Fsp3) is 0. The molecule has 0 bridgehead atoms. The van der Waals surface area contributed by atoms with Crippen LogP contribution in [0.4, 0.5) is 21.9 Å². The van der Waals surface area contributed by atoms with Gasteiger partial charge in [-0.05, 0) is 72.8 Å². The van der Waals surface area contributed by atoms with Gasteiger partial charge in [0.2, 0.25) is 0 Å². The van der Waals surface area contributed by atoms with E-state index in [0.29, 0.717) is 22.7 Å². The van der Waals surface area contributed by atoms with Crippen LogP contribution in [-0.4, -0.2) is 11.9 Å². The van der Waals surface area contributed by atoms with Crippen LogP contribution in [0.25, 0.3) is 0 Å². The van der Waals surface area contributed by atoms with E-state index >= 15 is 0 Å². The zero-order valence-corrected chi connectivity index (χ0v) is 17.1. The number of carbonyl (C=O) groups excluding carboxylic acids is 2. The van der Waals surface area contributed by atoms with Crippen LogP contribution in [0.5, 0.6) is 11.5 Å². The van der Waals surface area contributed by atoms with E-state index in [1.807, 2.05) is 60.7 Å². The maximum Gasteiger partial charge on any atom is 0.323 e. The first kappa shape index (κ1) is 20.7. The number of urea groups is 1. The van der Waals surface area contributed by atoms with Gasteiger partial charge in [0.25, 0.3) is 5.91 Å². The lowest BCUT2D eigenvalue weighted by Crippen LogP contribution is -2.19. The molecule has 0 unspecified atom stereocenters. The van der Waals surface area contributed by atoms with Gasteiger partial charge < -0.3 is 20.7 Å². The summed E-state index contributed by atoms with van der Waals surface area (Å²) in [6, 6.07) is 32.0. The van der Waals surface area contributed by atoms with Crippen LogP contribution in [0.15, 0.2) is 109 Å². The second-order valence-corrected chi connectivity index (χ2v) is 6.92. The lowest BCUT2D eigenvalue weighted by molar-refractivity contribution is 0.102. The van der Waals surface area contributed by atoms with Gasteiger partial charge in [0.05, 0.1) is 0 Å². The predicted octanol–water partition coefficient (Wildman–Crippen LogP) is 6.38. The molecule has 0 saturated carbocycles. The van der Waals surface area contributed by atoms with E-state index in [1.165, 1.54) is 0 Å². The molecule has 0 aliphatic heterocycles. The van der Waals surface area contributed by atoms with Gasteiger partial charge in [0.15, 0.2) is 0 Å². The van der Waals surface area contributed by atoms with Crippen molar-refractivity contribution in [1.82, 2.24) is 0 Å². The largest absolute Gasteiger partial charge is 0.457 e. The third-order valence-corrected chi connectivity index (χ3v) is 4.53. The Morgan fingerprint density at radius 2 is 0.969 bits per heavy atom. The Morgan fingerprint density at radius 3 is 1.56 bits per heavy atom. The van der Waals surface area contributed by atoms with Crippen molar-refractivity contribution in [3.63, 3.8) is 0 Å². The molecule has 0 radical (unpaired) electrons. The summed E-state index contributed by atoms with van der Waals surface area (Å²) in [4.78, 5) is 24.6. The molecule has 0 aliphatic carbocycles. The van der Waals surface area contributed by atoms with Gasteiger partial charge in [-0.2, -0.15) is 0 Å². The molecule has 4 aromatic rings. The Morgan fingerprint density at radius 1 is 0.500 bits per heavy atom. The molecule has 3 N–H and O–H groups in total. The predicted molar refractivity (Wildman–Crippen MR) is 126 cm³/mol. The fourth-order valence-corrected chi connectivity index (χ4v) is 2.95. The number of carbonyl (C=O) groups is 2. The molecule has 158 valence electrons. The monoisotopic (exact) mass is 423 g/mol. The van der Waals surface area contributed by atoms with Gasteiger partial charge in [-0.15, -0.1) is 0 Å². The Hall–Kier alpha value is -4.58. The first-order valence-corrected chi connectivity index (χ1v) is 10.0. The number of para-hydroxylation sites is 2. The minimum atomic E-state index is -0.386. The number of hydrogen-bond acceptors (Lipinski definition) is 3. The van der Waals surface area contributed by atoms with E-state index < -0.39 is 0 Å². The van der Waals surface area contributed by atoms with Gasteiger partial charge in [-0.3, -0.25) is 4.79 Å². The summed E-state index contributed by atoms with van der Waals surface area (Å²) < 4.78 is 5.74. The lowest BCUT2D eigenvalue weighted by Gasteiger charge is -2.10. The van der Waals surface area contributed by atoms with Crippen molar-refractivity contribution in [3.05, 3.63) is 115 Å². The van der Waals surface area contributed by atoms with Crippen LogP contribution in [0, 0.1) is 0 Å². The SMILES string of the molecule is O=C(Nc1ccc(Oc2ccccc2)cc1)Nc1ccc(C(=O)Nc2ccccc2)cc1. The molecule has 0 aliphatic rings. The molecule has 0 heterocycles. The van der Waals surface area contributed by atoms with Crippen molar-refractivity contribution < 1.29 is 14.3 Å². The van der Waals surface area contributed by atoms with Crippen molar-refractivity contribution in [3.8, 4) is 11.5 Å². The topological polar surface area (TPSA) is 79.5 Å². The highest BCUT2D eigenvalue weighted by molar-refractivity contribution is 6.05. The Balaban J connectivity index is 1.29. The molecule has 0 spiro atoms. The van der Waals surface area contributed by atoms with Gasteiger partial charge in [0, 0.05) is 22.6 Å². The smallest absolute Gasteiger partial charge is 0.323 e. The van der Waals surface area contributed by atoms with Gasteiger partial charge in [-0.25, -0.2) is 4.79 Å². The standard InChI is InChI=1S/C26H21N3O3/c30-25(27-20-7-3-1-4-8-20)19-11-13-21(14-12-19)28-26(31)29-22-15-17-24(18-16-22)32-23-9-5-2-6-10-23/h1-18H,(H,27,30)(H2,28,29,31). The van der Waals surface area contributed by atoms with Gasteiger partial charge >= 0.3 is 6.03 Å². The number of amides is 3. The van der Waals surface area contributed by atoms with Crippen molar-refractivity contribution in [2.45, 2.75) is 0 Å². The fourth-order valence-electron chi connectivity index (χ4n) is 2.95. The Labute approximate surface area is 185 Å². The Kier molecular flexibility index (Phi) is 6.43. The average Bonchev–Trinajstić information content (AvgIpc) is 2.82. The van der Waals surface area contributed by atoms with Crippen LogP contribution >= 0.6 is 0 Å². The number of anilines is 3. The van der Waals surface area contributed by atoms with E-state index in [-0.39, 0.29) is 11.9 Å². The van der Waals surface area contributed by atoms with Crippen molar-refractivity contribution in [2.75, 3.05) is 16.0 Å². The highest BCUT2D eigenvalue weighted by atomic mass is 16.5. The van der Waals surface area contributed by atoms with Crippen LogP contribution < -0.4 is 20.7 Å². The van der Waals surface area contributed by atoms with E-state index in [1.54, 1.807) is 48.5 Å². The summed E-state index contributed by atoms with van der Waals surface area (Å²) in [6.45, 7) is 0. The number of rotatable bonds is 6. The third kappa shape index (κ3) is 5.73. The highest BCUT2D eigenvalue weighted by Gasteiger charge is 2.08. The highest BCUT2D eigenvalue weighted by Crippen LogP contribution is 2.22. The van der Waals surface area contributed by atoms with E-state index in [4.69, 9.17) is 4.74 Å². The molecule has 32 heavy (non-hydrogen) atoms. The molecule has 0 saturated heterocycles. The zero-order chi connectivity index (χ0) is 22.2. The molecule has 0 atom stereocenters. The zero-order valence-electron chi connectivity index (χ0n) is 17.1. The molecule has 0 fully saturated rings. The van der Waals surface area contributed by atoms with Crippen LogP contribution in [0.3, 0.4) is 0 Å². The van der Waals surface area contributed by atoms with E-state index in [0.717, 1.165) is 11.4 Å².